The van der Waals surface area contributed by atoms with Gasteiger partial charge in [-0.3, -0.25) is 4.57 Å². The summed E-state index contributed by atoms with van der Waals surface area (Å²) in [6, 6.07) is 13.0. The smallest absolute Gasteiger partial charge is 0.228 e. The second-order valence-electron chi connectivity index (χ2n) is 8.69. The Balaban J connectivity index is 1.51. The number of fused-ring (bicyclic) bond motifs is 1. The van der Waals surface area contributed by atoms with Gasteiger partial charge in [0, 0.05) is 24.8 Å². The molecule has 0 aliphatic carbocycles. The number of anilines is 1. The number of ether oxygens (including phenoxy) is 1. The summed E-state index contributed by atoms with van der Waals surface area (Å²) in [5.41, 5.74) is 3.92. The lowest BCUT2D eigenvalue weighted by atomic mass is 10.00. The molecule has 0 radical (unpaired) electrons. The van der Waals surface area contributed by atoms with Crippen molar-refractivity contribution < 1.29 is 9.13 Å². The van der Waals surface area contributed by atoms with Crippen LogP contribution in [-0.4, -0.2) is 38.0 Å². The molecule has 8 heteroatoms. The Morgan fingerprint density at radius 3 is 2.62 bits per heavy atom. The molecule has 2 aromatic carbocycles. The molecule has 7 nitrogen and oxygen atoms in total. The second-order valence-corrected chi connectivity index (χ2v) is 8.69. The first-order valence-electron chi connectivity index (χ1n) is 11.7. The number of aromatic nitrogens is 5. The molecule has 1 unspecified atom stereocenters. The van der Waals surface area contributed by atoms with E-state index < -0.39 is 0 Å². The van der Waals surface area contributed by atoms with Crippen molar-refractivity contribution >= 4 is 5.95 Å². The number of aryl methyl sites for hydroxylation is 1. The maximum absolute atomic E-state index is 13.6. The van der Waals surface area contributed by atoms with Crippen LogP contribution in [0.5, 0.6) is 5.75 Å². The van der Waals surface area contributed by atoms with E-state index in [-0.39, 0.29) is 11.9 Å². The van der Waals surface area contributed by atoms with Crippen molar-refractivity contribution in [1.29, 1.82) is 0 Å². The van der Waals surface area contributed by atoms with Crippen LogP contribution in [0.25, 0.3) is 17.1 Å². The number of benzene rings is 2. The van der Waals surface area contributed by atoms with E-state index in [0.29, 0.717) is 0 Å². The predicted molar refractivity (Wildman–Crippen MR) is 130 cm³/mol. The van der Waals surface area contributed by atoms with Crippen LogP contribution in [0.1, 0.15) is 43.5 Å². The molecule has 3 heterocycles. The quantitative estimate of drug-likeness (QED) is 0.373. The zero-order chi connectivity index (χ0) is 23.7. The third-order valence-corrected chi connectivity index (χ3v) is 6.39. The van der Waals surface area contributed by atoms with Crippen molar-refractivity contribution in [3.63, 3.8) is 0 Å². The number of rotatable bonds is 7. The molecule has 0 amide bonds. The van der Waals surface area contributed by atoms with Crippen LogP contribution in [0.3, 0.4) is 0 Å². The molecule has 0 saturated carbocycles. The molecular weight excluding hydrogens is 431 g/mol. The van der Waals surface area contributed by atoms with Crippen LogP contribution in [-0.2, 0) is 6.54 Å². The van der Waals surface area contributed by atoms with Gasteiger partial charge in [-0.25, -0.2) is 9.37 Å². The predicted octanol–water partition coefficient (Wildman–Crippen LogP) is 5.34. The van der Waals surface area contributed by atoms with E-state index >= 15 is 0 Å². The van der Waals surface area contributed by atoms with Crippen molar-refractivity contribution in [2.24, 2.45) is 0 Å². The van der Waals surface area contributed by atoms with E-state index in [1.54, 1.807) is 13.4 Å². The molecule has 1 aliphatic rings. The number of halogens is 1. The van der Waals surface area contributed by atoms with Gasteiger partial charge in [0.2, 0.25) is 5.95 Å². The van der Waals surface area contributed by atoms with Gasteiger partial charge >= 0.3 is 0 Å². The number of hydrogen-bond acceptors (Lipinski definition) is 5. The maximum atomic E-state index is 13.6. The summed E-state index contributed by atoms with van der Waals surface area (Å²) in [5.74, 6) is 2.21. The SMILES string of the molecule is CCCC(c1ccc(F)cc1)N1CCCn2c(-c3ccc(-n4cnc(C)c4)c(OC)c3)nnc21. The average Bonchev–Trinajstić information content (AvgIpc) is 3.49. The van der Waals surface area contributed by atoms with Crippen LogP contribution in [0.4, 0.5) is 10.3 Å². The number of imidazole rings is 1. The summed E-state index contributed by atoms with van der Waals surface area (Å²) in [5, 5.41) is 9.20. The van der Waals surface area contributed by atoms with E-state index in [4.69, 9.17) is 4.74 Å². The van der Waals surface area contributed by atoms with Crippen LogP contribution in [0.15, 0.2) is 55.0 Å². The Morgan fingerprint density at radius 1 is 1.09 bits per heavy atom. The molecule has 0 saturated heterocycles. The second kappa shape index (κ2) is 9.29. The fraction of sp³-hybridized carbons (Fsp3) is 0.346. The molecule has 176 valence electrons. The Morgan fingerprint density at radius 2 is 1.91 bits per heavy atom. The highest BCUT2D eigenvalue weighted by Gasteiger charge is 2.29. The fourth-order valence-electron chi connectivity index (χ4n) is 4.76. The molecule has 0 spiro atoms. The molecule has 0 fully saturated rings. The standard InChI is InChI=1S/C26H29FN6O/c1-4-6-22(19-7-10-21(27)11-8-19)32-13-5-14-33-25(29-30-26(32)33)20-9-12-23(24(15-20)34-3)31-16-18(2)28-17-31/h7-12,15-17,22H,4-6,13-14H2,1-3H3. The topological polar surface area (TPSA) is 61.0 Å². The van der Waals surface area contributed by atoms with E-state index in [0.717, 1.165) is 72.4 Å². The summed E-state index contributed by atoms with van der Waals surface area (Å²) in [4.78, 5) is 6.64. The Kier molecular flexibility index (Phi) is 6.04. The Labute approximate surface area is 198 Å². The molecule has 1 aliphatic heterocycles. The van der Waals surface area contributed by atoms with Crippen molar-refractivity contribution in [3.8, 4) is 22.8 Å². The molecule has 34 heavy (non-hydrogen) atoms. The minimum atomic E-state index is -0.216. The first-order valence-corrected chi connectivity index (χ1v) is 11.7. The molecule has 2 aromatic heterocycles. The molecule has 4 aromatic rings. The largest absolute Gasteiger partial charge is 0.495 e. The summed E-state index contributed by atoms with van der Waals surface area (Å²) in [6.07, 6.45) is 6.72. The Hall–Kier alpha value is -3.68. The highest BCUT2D eigenvalue weighted by atomic mass is 19.1. The molecule has 0 bridgehead atoms. The van der Waals surface area contributed by atoms with Crippen LogP contribution >= 0.6 is 0 Å². The van der Waals surface area contributed by atoms with Gasteiger partial charge in [-0.15, -0.1) is 10.2 Å². The van der Waals surface area contributed by atoms with E-state index in [2.05, 4.69) is 31.6 Å². The maximum Gasteiger partial charge on any atom is 0.228 e. The highest BCUT2D eigenvalue weighted by molar-refractivity contribution is 5.65. The van der Waals surface area contributed by atoms with Crippen molar-refractivity contribution in [3.05, 3.63) is 72.1 Å². The zero-order valence-electron chi connectivity index (χ0n) is 19.8. The van der Waals surface area contributed by atoms with Gasteiger partial charge < -0.3 is 14.2 Å². The van der Waals surface area contributed by atoms with Crippen molar-refractivity contribution in [1.82, 2.24) is 24.3 Å². The number of hydrogen-bond donors (Lipinski definition) is 0. The average molecular weight is 461 g/mol. The number of methoxy groups -OCH3 is 1. The lowest BCUT2D eigenvalue weighted by Gasteiger charge is -2.36. The van der Waals surface area contributed by atoms with Gasteiger partial charge in [-0.2, -0.15) is 0 Å². The zero-order valence-corrected chi connectivity index (χ0v) is 19.8. The summed E-state index contributed by atoms with van der Waals surface area (Å²) in [7, 11) is 1.67. The van der Waals surface area contributed by atoms with Gasteiger partial charge in [-0.1, -0.05) is 25.5 Å². The first kappa shape index (κ1) is 22.1. The summed E-state index contributed by atoms with van der Waals surface area (Å²) < 4.78 is 23.4. The minimum Gasteiger partial charge on any atom is -0.495 e. The number of nitrogens with zero attached hydrogens (tertiary/aromatic N) is 6. The normalized spacial score (nSPS) is 14.2. The van der Waals surface area contributed by atoms with Gasteiger partial charge in [0.25, 0.3) is 0 Å². The van der Waals surface area contributed by atoms with Crippen molar-refractivity contribution in [2.45, 2.75) is 45.7 Å². The molecular formula is C26H29FN6O. The van der Waals surface area contributed by atoms with Gasteiger partial charge in [0.15, 0.2) is 5.82 Å². The van der Waals surface area contributed by atoms with Gasteiger partial charge in [-0.05, 0) is 55.7 Å². The van der Waals surface area contributed by atoms with Crippen LogP contribution in [0.2, 0.25) is 0 Å². The minimum absolute atomic E-state index is 0.128. The molecule has 1 atom stereocenters. The summed E-state index contributed by atoms with van der Waals surface area (Å²) >= 11 is 0. The van der Waals surface area contributed by atoms with E-state index in [1.165, 1.54) is 12.1 Å². The van der Waals surface area contributed by atoms with Crippen LogP contribution < -0.4 is 9.64 Å². The third-order valence-electron chi connectivity index (χ3n) is 6.39. The molecule has 0 N–H and O–H groups in total. The van der Waals surface area contributed by atoms with E-state index in [9.17, 15) is 4.39 Å². The monoisotopic (exact) mass is 460 g/mol. The highest BCUT2D eigenvalue weighted by Crippen LogP contribution is 2.36. The lowest BCUT2D eigenvalue weighted by Crippen LogP contribution is -2.36. The van der Waals surface area contributed by atoms with Gasteiger partial charge in [0.05, 0.1) is 30.9 Å². The molecule has 5 rings (SSSR count). The Bertz CT molecular complexity index is 1280. The van der Waals surface area contributed by atoms with E-state index in [1.807, 2.05) is 48.0 Å². The first-order chi connectivity index (χ1) is 16.6. The van der Waals surface area contributed by atoms with Crippen molar-refractivity contribution in [2.75, 3.05) is 18.6 Å². The summed E-state index contributed by atoms with van der Waals surface area (Å²) in [6.45, 7) is 5.87. The van der Waals surface area contributed by atoms with Crippen LogP contribution in [0, 0.1) is 12.7 Å². The fourth-order valence-corrected chi connectivity index (χ4v) is 4.76. The lowest BCUT2D eigenvalue weighted by molar-refractivity contribution is 0.413. The third kappa shape index (κ3) is 4.04. The van der Waals surface area contributed by atoms with Gasteiger partial charge in [0.1, 0.15) is 11.6 Å².